The lowest BCUT2D eigenvalue weighted by Crippen LogP contribution is -2.48. The molecule has 0 N–H and O–H groups in total. The second kappa shape index (κ2) is 8.12. The molecule has 0 unspecified atom stereocenters. The van der Waals surface area contributed by atoms with Crippen molar-refractivity contribution in [3.8, 4) is 0 Å². The molecule has 2 heterocycles. The van der Waals surface area contributed by atoms with E-state index < -0.39 is 0 Å². The van der Waals surface area contributed by atoms with Crippen molar-refractivity contribution in [1.82, 2.24) is 19.9 Å². The van der Waals surface area contributed by atoms with E-state index in [1.807, 2.05) is 4.90 Å². The summed E-state index contributed by atoms with van der Waals surface area (Å²) in [5.74, 6) is 1.52. The maximum absolute atomic E-state index is 12.2. The van der Waals surface area contributed by atoms with Crippen LogP contribution in [0.15, 0.2) is 4.52 Å². The Bertz CT molecular complexity index is 439. The van der Waals surface area contributed by atoms with Gasteiger partial charge in [-0.25, -0.2) is 0 Å². The van der Waals surface area contributed by atoms with Crippen molar-refractivity contribution in [2.75, 3.05) is 32.7 Å². The minimum Gasteiger partial charge on any atom is -0.340 e. The van der Waals surface area contributed by atoms with E-state index in [-0.39, 0.29) is 5.91 Å². The maximum atomic E-state index is 12.2. The second-order valence-electron chi connectivity index (χ2n) is 5.58. The van der Waals surface area contributed by atoms with Crippen LogP contribution in [0.1, 0.15) is 44.8 Å². The van der Waals surface area contributed by atoms with E-state index >= 15 is 0 Å². The normalized spacial score (nSPS) is 16.4. The van der Waals surface area contributed by atoms with Crippen molar-refractivity contribution in [2.24, 2.45) is 0 Å². The van der Waals surface area contributed by atoms with Crippen LogP contribution in [-0.4, -0.2) is 58.6 Å². The van der Waals surface area contributed by atoms with Crippen molar-refractivity contribution >= 4 is 5.91 Å². The monoisotopic (exact) mass is 294 g/mol. The van der Waals surface area contributed by atoms with E-state index in [0.717, 1.165) is 51.4 Å². The number of amides is 1. The molecular formula is C15H26N4O2. The number of nitrogens with zero attached hydrogens (tertiary/aromatic N) is 4. The molecule has 0 atom stereocenters. The van der Waals surface area contributed by atoms with Crippen molar-refractivity contribution < 1.29 is 9.32 Å². The zero-order valence-corrected chi connectivity index (χ0v) is 13.2. The minimum absolute atomic E-state index is 0.196. The zero-order chi connectivity index (χ0) is 15.1. The first kappa shape index (κ1) is 15.9. The molecule has 1 saturated heterocycles. The highest BCUT2D eigenvalue weighted by Crippen LogP contribution is 2.08. The number of hydrogen-bond acceptors (Lipinski definition) is 5. The first-order valence-electron chi connectivity index (χ1n) is 8.04. The van der Waals surface area contributed by atoms with Gasteiger partial charge in [0, 0.05) is 45.4 Å². The Morgan fingerprint density at radius 3 is 2.57 bits per heavy atom. The van der Waals surface area contributed by atoms with Crippen molar-refractivity contribution in [2.45, 2.75) is 46.0 Å². The fourth-order valence-corrected chi connectivity index (χ4v) is 2.63. The quantitative estimate of drug-likeness (QED) is 0.763. The highest BCUT2D eigenvalue weighted by Gasteiger charge is 2.20. The Balaban J connectivity index is 1.72. The van der Waals surface area contributed by atoms with Gasteiger partial charge in [0.1, 0.15) is 0 Å². The number of carbonyl (C=O) groups is 1. The number of carbonyl (C=O) groups excluding carboxylic acids is 1. The molecule has 21 heavy (non-hydrogen) atoms. The van der Waals surface area contributed by atoms with Crippen LogP contribution in [0.3, 0.4) is 0 Å². The van der Waals surface area contributed by atoms with Crippen LogP contribution in [-0.2, 0) is 17.6 Å². The van der Waals surface area contributed by atoms with E-state index in [2.05, 4.69) is 28.9 Å². The number of piperazine rings is 1. The lowest BCUT2D eigenvalue weighted by atomic mass is 10.2. The first-order chi connectivity index (χ1) is 10.2. The Kier molecular flexibility index (Phi) is 6.17. The van der Waals surface area contributed by atoms with Gasteiger partial charge < -0.3 is 9.42 Å². The van der Waals surface area contributed by atoms with Crippen molar-refractivity contribution in [3.63, 3.8) is 0 Å². The summed E-state index contributed by atoms with van der Waals surface area (Å²) in [6, 6.07) is 0. The molecule has 1 aliphatic heterocycles. The second-order valence-corrected chi connectivity index (χ2v) is 5.58. The maximum Gasteiger partial charge on any atom is 0.227 e. The topological polar surface area (TPSA) is 62.5 Å². The summed E-state index contributed by atoms with van der Waals surface area (Å²) in [6.07, 6.45) is 4.01. The summed E-state index contributed by atoms with van der Waals surface area (Å²) >= 11 is 0. The third-order valence-electron chi connectivity index (χ3n) is 3.80. The van der Waals surface area contributed by atoms with E-state index in [1.165, 1.54) is 6.42 Å². The van der Waals surface area contributed by atoms with Crippen LogP contribution in [0.2, 0.25) is 0 Å². The average molecular weight is 294 g/mol. The molecule has 0 spiro atoms. The predicted octanol–water partition coefficient (Wildman–Crippen LogP) is 1.51. The zero-order valence-electron chi connectivity index (χ0n) is 13.2. The molecule has 6 nitrogen and oxygen atoms in total. The molecule has 1 amide bonds. The van der Waals surface area contributed by atoms with Crippen LogP contribution >= 0.6 is 0 Å². The Morgan fingerprint density at radius 2 is 1.90 bits per heavy atom. The Morgan fingerprint density at radius 1 is 1.14 bits per heavy atom. The van der Waals surface area contributed by atoms with Gasteiger partial charge in [-0.3, -0.25) is 9.69 Å². The predicted molar refractivity (Wildman–Crippen MR) is 79.9 cm³/mol. The molecule has 1 aliphatic rings. The van der Waals surface area contributed by atoms with E-state index in [0.29, 0.717) is 18.7 Å². The average Bonchev–Trinajstić information content (AvgIpc) is 2.94. The van der Waals surface area contributed by atoms with Gasteiger partial charge in [0.25, 0.3) is 0 Å². The minimum atomic E-state index is 0.196. The van der Waals surface area contributed by atoms with Gasteiger partial charge >= 0.3 is 0 Å². The van der Waals surface area contributed by atoms with Gasteiger partial charge in [-0.05, 0) is 19.4 Å². The highest BCUT2D eigenvalue weighted by atomic mass is 16.5. The highest BCUT2D eigenvalue weighted by molar-refractivity contribution is 5.76. The Hall–Kier alpha value is -1.43. The molecule has 6 heteroatoms. The van der Waals surface area contributed by atoms with E-state index in [1.54, 1.807) is 0 Å². The van der Waals surface area contributed by atoms with Crippen LogP contribution < -0.4 is 0 Å². The molecular weight excluding hydrogens is 268 g/mol. The molecule has 1 aromatic heterocycles. The number of aromatic nitrogens is 2. The summed E-state index contributed by atoms with van der Waals surface area (Å²) in [7, 11) is 0. The SMILES string of the molecule is CCCc1noc(CCC(=O)N2CCN(CCC)CC2)n1. The van der Waals surface area contributed by atoms with E-state index in [9.17, 15) is 4.79 Å². The first-order valence-corrected chi connectivity index (χ1v) is 8.04. The van der Waals surface area contributed by atoms with Crippen molar-refractivity contribution in [1.29, 1.82) is 0 Å². The lowest BCUT2D eigenvalue weighted by Gasteiger charge is -2.34. The molecule has 0 bridgehead atoms. The Labute approximate surface area is 126 Å². The number of aryl methyl sites for hydroxylation is 2. The van der Waals surface area contributed by atoms with Crippen molar-refractivity contribution in [3.05, 3.63) is 11.7 Å². The summed E-state index contributed by atoms with van der Waals surface area (Å²) < 4.78 is 5.16. The molecule has 0 saturated carbocycles. The molecule has 1 fully saturated rings. The van der Waals surface area contributed by atoms with Crippen LogP contribution in [0.25, 0.3) is 0 Å². The molecule has 0 aromatic carbocycles. The van der Waals surface area contributed by atoms with Gasteiger partial charge in [-0.2, -0.15) is 4.98 Å². The lowest BCUT2D eigenvalue weighted by molar-refractivity contribution is -0.133. The van der Waals surface area contributed by atoms with Crippen LogP contribution in [0.4, 0.5) is 0 Å². The third-order valence-corrected chi connectivity index (χ3v) is 3.80. The fourth-order valence-electron chi connectivity index (χ4n) is 2.63. The van der Waals surface area contributed by atoms with Gasteiger partial charge in [0.15, 0.2) is 5.82 Å². The summed E-state index contributed by atoms with van der Waals surface area (Å²) in [5, 5.41) is 3.91. The van der Waals surface area contributed by atoms with Gasteiger partial charge in [0.2, 0.25) is 11.8 Å². The summed E-state index contributed by atoms with van der Waals surface area (Å²) in [5.41, 5.74) is 0. The standard InChI is InChI=1S/C15H26N4O2/c1-3-5-13-16-14(21-17-13)6-7-15(20)19-11-9-18(8-4-2)10-12-19/h3-12H2,1-2H3. The smallest absolute Gasteiger partial charge is 0.227 e. The van der Waals surface area contributed by atoms with Gasteiger partial charge in [-0.1, -0.05) is 19.0 Å². The van der Waals surface area contributed by atoms with Gasteiger partial charge in [0.05, 0.1) is 0 Å². The third kappa shape index (κ3) is 4.81. The van der Waals surface area contributed by atoms with Crippen LogP contribution in [0, 0.1) is 0 Å². The molecule has 0 radical (unpaired) electrons. The van der Waals surface area contributed by atoms with E-state index in [4.69, 9.17) is 4.52 Å². The molecule has 1 aromatic rings. The number of rotatable bonds is 7. The molecule has 118 valence electrons. The van der Waals surface area contributed by atoms with Crippen LogP contribution in [0.5, 0.6) is 0 Å². The molecule has 0 aliphatic carbocycles. The van der Waals surface area contributed by atoms with Gasteiger partial charge in [-0.15, -0.1) is 0 Å². The summed E-state index contributed by atoms with van der Waals surface area (Å²) in [4.78, 5) is 20.9. The largest absolute Gasteiger partial charge is 0.340 e. The summed E-state index contributed by atoms with van der Waals surface area (Å²) in [6.45, 7) is 9.05. The molecule has 2 rings (SSSR count). The number of hydrogen-bond donors (Lipinski definition) is 0. The fraction of sp³-hybridized carbons (Fsp3) is 0.800.